The molecule has 2 heterocycles. The number of carboxylic acid groups (broad SMARTS) is 1. The molecule has 1 atom stereocenters. The number of hydrogen-bond acceptors (Lipinski definition) is 4. The molecule has 2 aromatic rings. The van der Waals surface area contributed by atoms with Crippen LogP contribution in [0.5, 0.6) is 0 Å². The highest BCUT2D eigenvalue weighted by atomic mass is 16.4. The number of aromatic nitrogens is 1. The van der Waals surface area contributed by atoms with Crippen molar-refractivity contribution < 1.29 is 9.90 Å². The molecule has 5 nitrogen and oxygen atoms in total. The minimum atomic E-state index is -0.856. The zero-order chi connectivity index (χ0) is 15.5. The molecule has 0 radical (unpaired) electrons. The van der Waals surface area contributed by atoms with Gasteiger partial charge in [-0.05, 0) is 36.6 Å². The number of benzene rings is 1. The normalized spacial score (nSPS) is 18.5. The highest BCUT2D eigenvalue weighted by Crippen LogP contribution is 2.30. The summed E-state index contributed by atoms with van der Waals surface area (Å²) in [6.07, 6.45) is 2.65. The fourth-order valence-corrected chi connectivity index (χ4v) is 3.10. The van der Waals surface area contributed by atoms with Crippen LogP contribution < -0.4 is 5.73 Å². The summed E-state index contributed by atoms with van der Waals surface area (Å²) in [7, 11) is 0. The van der Waals surface area contributed by atoms with Gasteiger partial charge in [0.2, 0.25) is 0 Å². The number of rotatable bonds is 4. The minimum Gasteiger partial charge on any atom is -0.478 e. The van der Waals surface area contributed by atoms with Gasteiger partial charge >= 0.3 is 5.97 Å². The van der Waals surface area contributed by atoms with Gasteiger partial charge < -0.3 is 10.8 Å². The van der Waals surface area contributed by atoms with E-state index in [1.165, 1.54) is 0 Å². The number of nitrogen functional groups attached to an aromatic ring is 1. The summed E-state index contributed by atoms with van der Waals surface area (Å²) < 4.78 is 0. The first-order valence-electron chi connectivity index (χ1n) is 7.39. The van der Waals surface area contributed by atoms with E-state index >= 15 is 0 Å². The lowest BCUT2D eigenvalue weighted by molar-refractivity contribution is 0.0695. The second-order valence-electron chi connectivity index (χ2n) is 5.66. The summed E-state index contributed by atoms with van der Waals surface area (Å²) in [5.41, 5.74) is 8.26. The number of carboxylic acids is 1. The predicted molar refractivity (Wildman–Crippen MR) is 84.7 cm³/mol. The van der Waals surface area contributed by atoms with Gasteiger partial charge in [-0.3, -0.25) is 4.90 Å². The molecular weight excluding hydrogens is 278 g/mol. The Kier molecular flexibility index (Phi) is 4.06. The van der Waals surface area contributed by atoms with Crippen molar-refractivity contribution in [3.63, 3.8) is 0 Å². The summed E-state index contributed by atoms with van der Waals surface area (Å²) in [5, 5.41) is 9.33. The summed E-state index contributed by atoms with van der Waals surface area (Å²) in [6, 6.07) is 11.2. The van der Waals surface area contributed by atoms with Gasteiger partial charge in [0.25, 0.3) is 0 Å². The van der Waals surface area contributed by atoms with Crippen molar-refractivity contribution in [2.45, 2.75) is 18.9 Å². The number of hydrogen-bond donors (Lipinski definition) is 2. The highest BCUT2D eigenvalue weighted by Gasteiger charge is 2.27. The van der Waals surface area contributed by atoms with E-state index in [0.29, 0.717) is 11.4 Å². The molecule has 0 spiro atoms. The SMILES string of the molecule is Nc1ncccc1CN1CCC(c2ccccc2C(=O)O)C1. The van der Waals surface area contributed by atoms with E-state index in [1.807, 2.05) is 24.3 Å². The first-order chi connectivity index (χ1) is 10.6. The van der Waals surface area contributed by atoms with Gasteiger partial charge in [0.05, 0.1) is 5.56 Å². The van der Waals surface area contributed by atoms with Gasteiger partial charge in [0.1, 0.15) is 5.82 Å². The molecule has 1 saturated heterocycles. The third kappa shape index (κ3) is 2.94. The molecule has 0 saturated carbocycles. The Bertz CT molecular complexity index is 687. The number of aromatic carboxylic acids is 1. The Balaban J connectivity index is 1.73. The van der Waals surface area contributed by atoms with Crippen LogP contribution in [-0.2, 0) is 6.54 Å². The molecule has 5 heteroatoms. The van der Waals surface area contributed by atoms with Crippen molar-refractivity contribution in [1.82, 2.24) is 9.88 Å². The van der Waals surface area contributed by atoms with Crippen molar-refractivity contribution in [2.24, 2.45) is 0 Å². The zero-order valence-corrected chi connectivity index (χ0v) is 12.3. The highest BCUT2D eigenvalue weighted by molar-refractivity contribution is 5.89. The zero-order valence-electron chi connectivity index (χ0n) is 12.3. The minimum absolute atomic E-state index is 0.255. The third-order valence-corrected chi connectivity index (χ3v) is 4.22. The molecule has 0 aliphatic carbocycles. The number of carbonyl (C=O) groups is 1. The lowest BCUT2D eigenvalue weighted by Gasteiger charge is -2.17. The number of anilines is 1. The van der Waals surface area contributed by atoms with Gasteiger partial charge in [-0.15, -0.1) is 0 Å². The maximum atomic E-state index is 11.4. The van der Waals surface area contributed by atoms with Gasteiger partial charge in [-0.1, -0.05) is 24.3 Å². The lowest BCUT2D eigenvalue weighted by Crippen LogP contribution is -2.21. The molecule has 1 aromatic heterocycles. The first kappa shape index (κ1) is 14.5. The average molecular weight is 297 g/mol. The fraction of sp³-hybridized carbons (Fsp3) is 0.294. The lowest BCUT2D eigenvalue weighted by atomic mass is 9.93. The van der Waals surface area contributed by atoms with Crippen LogP contribution >= 0.6 is 0 Å². The second kappa shape index (κ2) is 6.15. The molecule has 0 bridgehead atoms. The third-order valence-electron chi connectivity index (χ3n) is 4.22. The van der Waals surface area contributed by atoms with Crippen molar-refractivity contribution in [2.75, 3.05) is 18.8 Å². The van der Waals surface area contributed by atoms with E-state index in [-0.39, 0.29) is 5.92 Å². The van der Waals surface area contributed by atoms with E-state index < -0.39 is 5.97 Å². The summed E-state index contributed by atoms with van der Waals surface area (Å²) in [6.45, 7) is 2.54. The van der Waals surface area contributed by atoms with Crippen molar-refractivity contribution >= 4 is 11.8 Å². The number of likely N-dealkylation sites (tertiary alicyclic amines) is 1. The van der Waals surface area contributed by atoms with Crippen LogP contribution in [0, 0.1) is 0 Å². The summed E-state index contributed by atoms with van der Waals surface area (Å²) >= 11 is 0. The smallest absolute Gasteiger partial charge is 0.335 e. The van der Waals surface area contributed by atoms with E-state index in [1.54, 1.807) is 18.3 Å². The van der Waals surface area contributed by atoms with Gasteiger partial charge in [-0.25, -0.2) is 9.78 Å². The molecule has 22 heavy (non-hydrogen) atoms. The van der Waals surface area contributed by atoms with Crippen molar-refractivity contribution in [3.05, 3.63) is 59.3 Å². The topological polar surface area (TPSA) is 79.5 Å². The number of nitrogens with zero attached hydrogens (tertiary/aromatic N) is 2. The molecule has 1 unspecified atom stereocenters. The monoisotopic (exact) mass is 297 g/mol. The first-order valence-corrected chi connectivity index (χ1v) is 7.39. The van der Waals surface area contributed by atoms with E-state index in [2.05, 4.69) is 9.88 Å². The van der Waals surface area contributed by atoms with Crippen LogP contribution in [0.2, 0.25) is 0 Å². The van der Waals surface area contributed by atoms with Gasteiger partial charge in [-0.2, -0.15) is 0 Å². The van der Waals surface area contributed by atoms with E-state index in [0.717, 1.165) is 37.2 Å². The van der Waals surface area contributed by atoms with Gasteiger partial charge in [0, 0.05) is 24.8 Å². The van der Waals surface area contributed by atoms with Gasteiger partial charge in [0.15, 0.2) is 0 Å². The Morgan fingerprint density at radius 1 is 1.32 bits per heavy atom. The van der Waals surface area contributed by atoms with Crippen LogP contribution in [0.4, 0.5) is 5.82 Å². The molecule has 114 valence electrons. The quantitative estimate of drug-likeness (QED) is 0.905. The number of nitrogens with two attached hydrogens (primary N) is 1. The number of pyridine rings is 1. The maximum absolute atomic E-state index is 11.4. The van der Waals surface area contributed by atoms with Crippen LogP contribution in [-0.4, -0.2) is 34.0 Å². The van der Waals surface area contributed by atoms with Crippen LogP contribution in [0.15, 0.2) is 42.6 Å². The van der Waals surface area contributed by atoms with Crippen LogP contribution in [0.3, 0.4) is 0 Å². The largest absolute Gasteiger partial charge is 0.478 e. The Morgan fingerprint density at radius 3 is 2.91 bits per heavy atom. The second-order valence-corrected chi connectivity index (χ2v) is 5.66. The van der Waals surface area contributed by atoms with Crippen LogP contribution in [0.1, 0.15) is 33.8 Å². The van der Waals surface area contributed by atoms with Crippen LogP contribution in [0.25, 0.3) is 0 Å². The molecule has 3 N–H and O–H groups in total. The average Bonchev–Trinajstić information content (AvgIpc) is 2.98. The molecule has 1 fully saturated rings. The Hall–Kier alpha value is -2.40. The Morgan fingerprint density at radius 2 is 2.14 bits per heavy atom. The van der Waals surface area contributed by atoms with E-state index in [4.69, 9.17) is 5.73 Å². The summed E-state index contributed by atoms with van der Waals surface area (Å²) in [4.78, 5) is 17.8. The van der Waals surface area contributed by atoms with Crippen molar-refractivity contribution in [1.29, 1.82) is 0 Å². The molecule has 3 rings (SSSR count). The predicted octanol–water partition coefficient (Wildman–Crippen LogP) is 2.35. The summed E-state index contributed by atoms with van der Waals surface area (Å²) in [5.74, 6) is -0.0346. The fourth-order valence-electron chi connectivity index (χ4n) is 3.10. The molecule has 1 aliphatic rings. The standard InChI is InChI=1S/C17H19N3O2/c18-16-13(4-3-8-19-16)11-20-9-7-12(10-20)14-5-1-2-6-15(14)17(21)22/h1-6,8,12H,7,9-11H2,(H2,18,19)(H,21,22). The molecular formula is C17H19N3O2. The Labute approximate surface area is 129 Å². The van der Waals surface area contributed by atoms with E-state index in [9.17, 15) is 9.90 Å². The molecule has 1 aliphatic heterocycles. The maximum Gasteiger partial charge on any atom is 0.335 e. The molecule has 1 aromatic carbocycles. The molecule has 0 amide bonds. The van der Waals surface area contributed by atoms with Crippen molar-refractivity contribution in [3.8, 4) is 0 Å².